The van der Waals surface area contributed by atoms with Crippen LogP contribution in [0.25, 0.3) is 0 Å². The molecule has 3 aliphatic rings. The number of piperidine rings is 1. The van der Waals surface area contributed by atoms with Crippen molar-refractivity contribution in [2.24, 2.45) is 11.7 Å². The van der Waals surface area contributed by atoms with Gasteiger partial charge in [0.05, 0.1) is 5.56 Å². The molecular weight excluding hydrogens is 418 g/mol. The van der Waals surface area contributed by atoms with Crippen molar-refractivity contribution in [3.05, 3.63) is 52.7 Å². The zero-order valence-electron chi connectivity index (χ0n) is 18.7. The van der Waals surface area contributed by atoms with E-state index in [0.29, 0.717) is 28.8 Å². The first-order valence-electron chi connectivity index (χ1n) is 11.6. The summed E-state index contributed by atoms with van der Waals surface area (Å²) >= 11 is 0. The number of pyridine rings is 1. The summed E-state index contributed by atoms with van der Waals surface area (Å²) < 4.78 is 0. The summed E-state index contributed by atoms with van der Waals surface area (Å²) in [6, 6.07) is 7.62. The number of hydrogen-bond donors (Lipinski definition) is 3. The maximum absolute atomic E-state index is 13.0. The summed E-state index contributed by atoms with van der Waals surface area (Å²) in [5.41, 5.74) is 13.6. The minimum Gasteiger partial charge on any atom is -0.398 e. The number of nitrogens with one attached hydrogen (secondary N) is 1. The van der Waals surface area contributed by atoms with E-state index in [1.54, 1.807) is 19.2 Å². The van der Waals surface area contributed by atoms with Crippen LogP contribution in [0.5, 0.6) is 0 Å². The first-order valence-corrected chi connectivity index (χ1v) is 11.6. The average Bonchev–Trinajstić information content (AvgIpc) is 3.60. The zero-order chi connectivity index (χ0) is 23.3. The van der Waals surface area contributed by atoms with E-state index in [9.17, 15) is 14.4 Å². The van der Waals surface area contributed by atoms with Crippen LogP contribution in [-0.2, 0) is 0 Å². The molecule has 2 unspecified atom stereocenters. The predicted octanol–water partition coefficient (Wildman–Crippen LogP) is 2.59. The van der Waals surface area contributed by atoms with Crippen LogP contribution in [0, 0.1) is 12.8 Å². The van der Waals surface area contributed by atoms with Gasteiger partial charge in [-0.3, -0.25) is 14.4 Å². The van der Waals surface area contributed by atoms with E-state index in [0.717, 1.165) is 44.3 Å². The largest absolute Gasteiger partial charge is 0.398 e. The van der Waals surface area contributed by atoms with E-state index in [2.05, 4.69) is 15.2 Å². The highest BCUT2D eigenvalue weighted by molar-refractivity contribution is 6.02. The molecule has 2 saturated heterocycles. The Morgan fingerprint density at radius 3 is 2.30 bits per heavy atom. The number of primary amides is 1. The zero-order valence-corrected chi connectivity index (χ0v) is 18.7. The van der Waals surface area contributed by atoms with E-state index in [-0.39, 0.29) is 34.9 Å². The number of carbonyl (C=O) groups excluding carboxylic acids is 3. The summed E-state index contributed by atoms with van der Waals surface area (Å²) in [6.07, 6.45) is 7.48. The number of rotatable bonds is 6. The van der Waals surface area contributed by atoms with Crippen molar-refractivity contribution in [3.63, 3.8) is 0 Å². The lowest BCUT2D eigenvalue weighted by Crippen LogP contribution is -2.50. The quantitative estimate of drug-likeness (QED) is 0.461. The Hall–Kier alpha value is -3.42. The number of Topliss-reactive ketones (excluding diaryl/α,β-unsaturated/α-hetero) is 1. The van der Waals surface area contributed by atoms with Gasteiger partial charge in [-0.05, 0) is 75.3 Å². The van der Waals surface area contributed by atoms with E-state index in [1.165, 1.54) is 6.07 Å². The molecule has 2 aliphatic heterocycles. The predicted molar refractivity (Wildman–Crippen MR) is 125 cm³/mol. The summed E-state index contributed by atoms with van der Waals surface area (Å²) in [7, 11) is 0. The van der Waals surface area contributed by atoms with Crippen molar-refractivity contribution in [2.75, 3.05) is 10.6 Å². The smallest absolute Gasteiger partial charge is 0.251 e. The van der Waals surface area contributed by atoms with Gasteiger partial charge in [0.15, 0.2) is 5.78 Å². The number of anilines is 2. The molecule has 5 N–H and O–H groups in total. The van der Waals surface area contributed by atoms with Crippen LogP contribution >= 0.6 is 0 Å². The normalized spacial score (nSPS) is 23.9. The lowest BCUT2D eigenvalue weighted by atomic mass is 9.96. The molecule has 2 bridgehead atoms. The lowest BCUT2D eigenvalue weighted by molar-refractivity contribution is 0.0923. The number of aryl methyl sites for hydroxylation is 1. The van der Waals surface area contributed by atoms with Gasteiger partial charge >= 0.3 is 0 Å². The molecule has 2 aromatic rings. The molecule has 0 spiro atoms. The van der Waals surface area contributed by atoms with Crippen molar-refractivity contribution >= 4 is 29.1 Å². The number of aromatic nitrogens is 1. The molecule has 1 aliphatic carbocycles. The minimum absolute atomic E-state index is 0.0541. The van der Waals surface area contributed by atoms with Gasteiger partial charge in [-0.2, -0.15) is 0 Å². The van der Waals surface area contributed by atoms with Gasteiger partial charge in [0.25, 0.3) is 11.8 Å². The molecule has 2 atom stereocenters. The highest BCUT2D eigenvalue weighted by Gasteiger charge is 2.42. The lowest BCUT2D eigenvalue weighted by Gasteiger charge is -2.40. The summed E-state index contributed by atoms with van der Waals surface area (Å²) in [4.78, 5) is 43.7. The third kappa shape index (κ3) is 4.05. The molecule has 8 nitrogen and oxygen atoms in total. The Morgan fingerprint density at radius 1 is 1.03 bits per heavy atom. The number of amides is 2. The van der Waals surface area contributed by atoms with E-state index in [4.69, 9.17) is 11.5 Å². The molecule has 33 heavy (non-hydrogen) atoms. The van der Waals surface area contributed by atoms with Gasteiger partial charge < -0.3 is 21.7 Å². The summed E-state index contributed by atoms with van der Waals surface area (Å²) in [6.45, 7) is 1.77. The van der Waals surface area contributed by atoms with Crippen LogP contribution in [-0.4, -0.2) is 40.7 Å². The highest BCUT2D eigenvalue weighted by Crippen LogP contribution is 2.39. The summed E-state index contributed by atoms with van der Waals surface area (Å²) in [5, 5.41) is 3.17. The third-order valence-electron chi connectivity index (χ3n) is 7.22. The van der Waals surface area contributed by atoms with Crippen LogP contribution in [0.3, 0.4) is 0 Å². The monoisotopic (exact) mass is 447 g/mol. The Labute approximate surface area is 192 Å². The first kappa shape index (κ1) is 21.4. The fourth-order valence-corrected chi connectivity index (χ4v) is 5.38. The molecule has 8 heteroatoms. The van der Waals surface area contributed by atoms with Crippen LogP contribution < -0.4 is 21.7 Å². The van der Waals surface area contributed by atoms with Gasteiger partial charge in [-0.25, -0.2) is 4.98 Å². The average molecular weight is 448 g/mol. The van der Waals surface area contributed by atoms with E-state index in [1.807, 2.05) is 12.1 Å². The second kappa shape index (κ2) is 8.17. The van der Waals surface area contributed by atoms with Gasteiger partial charge in [0.2, 0.25) is 0 Å². The van der Waals surface area contributed by atoms with Gasteiger partial charge in [-0.1, -0.05) is 0 Å². The minimum atomic E-state index is -0.606. The molecule has 3 heterocycles. The Balaban J connectivity index is 1.26. The Kier molecular flexibility index (Phi) is 5.31. The maximum Gasteiger partial charge on any atom is 0.251 e. The Bertz CT molecular complexity index is 1110. The second-order valence-corrected chi connectivity index (χ2v) is 9.60. The molecule has 1 aromatic heterocycles. The SMILES string of the molecule is Cc1cc(C(N)=O)c(N)cc1C(=O)NC1CC2CCC(C1)N2c1ccc(C(=O)C2CC2)cn1. The van der Waals surface area contributed by atoms with Crippen LogP contribution in [0.15, 0.2) is 30.5 Å². The summed E-state index contributed by atoms with van der Waals surface area (Å²) in [5.74, 6) is 0.516. The van der Waals surface area contributed by atoms with Crippen LogP contribution in [0.1, 0.15) is 75.2 Å². The maximum atomic E-state index is 13.0. The number of ketones is 1. The number of benzene rings is 1. The highest BCUT2D eigenvalue weighted by atomic mass is 16.2. The van der Waals surface area contributed by atoms with Gasteiger partial charge in [0.1, 0.15) is 5.82 Å². The van der Waals surface area contributed by atoms with Crippen molar-refractivity contribution in [2.45, 2.75) is 63.6 Å². The van der Waals surface area contributed by atoms with Crippen LogP contribution in [0.4, 0.5) is 11.5 Å². The van der Waals surface area contributed by atoms with Crippen LogP contribution in [0.2, 0.25) is 0 Å². The van der Waals surface area contributed by atoms with Crippen molar-refractivity contribution < 1.29 is 14.4 Å². The molecule has 2 amide bonds. The fraction of sp³-hybridized carbons (Fsp3) is 0.440. The standard InChI is InChI=1S/C25H29N5O3/c1-13-8-20(24(27)32)21(26)11-19(13)25(33)29-16-9-17-5-6-18(10-16)30(17)22-7-4-15(12-28-22)23(31)14-2-3-14/h4,7-8,11-12,14,16-18H,2-3,5-6,9-10,26H2,1H3,(H2,27,32)(H,29,33). The molecule has 3 fully saturated rings. The number of nitrogens with zero attached hydrogens (tertiary/aromatic N) is 2. The van der Waals surface area contributed by atoms with Crippen molar-refractivity contribution in [1.29, 1.82) is 0 Å². The molecule has 0 radical (unpaired) electrons. The number of carbonyl (C=O) groups is 3. The molecular formula is C25H29N5O3. The van der Waals surface area contributed by atoms with Crippen molar-refractivity contribution in [1.82, 2.24) is 10.3 Å². The number of fused-ring (bicyclic) bond motifs is 2. The third-order valence-corrected chi connectivity index (χ3v) is 7.22. The first-order chi connectivity index (χ1) is 15.8. The number of hydrogen-bond acceptors (Lipinski definition) is 6. The number of nitrogen functional groups attached to an aromatic ring is 1. The molecule has 5 rings (SSSR count). The molecule has 172 valence electrons. The number of nitrogens with two attached hydrogens (primary N) is 2. The van der Waals surface area contributed by atoms with Crippen molar-refractivity contribution in [3.8, 4) is 0 Å². The van der Waals surface area contributed by atoms with E-state index < -0.39 is 5.91 Å². The van der Waals surface area contributed by atoms with E-state index >= 15 is 0 Å². The second-order valence-electron chi connectivity index (χ2n) is 9.60. The molecule has 1 aromatic carbocycles. The molecule has 1 saturated carbocycles. The van der Waals surface area contributed by atoms with Gasteiger partial charge in [-0.15, -0.1) is 0 Å². The Morgan fingerprint density at radius 2 is 1.73 bits per heavy atom. The van der Waals surface area contributed by atoms with Gasteiger partial charge in [0, 0.05) is 47.1 Å². The topological polar surface area (TPSA) is 131 Å². The fourth-order valence-electron chi connectivity index (χ4n) is 5.38.